The van der Waals surface area contributed by atoms with Crippen molar-refractivity contribution >= 4 is 11.8 Å². The van der Waals surface area contributed by atoms with Crippen molar-refractivity contribution in [2.75, 3.05) is 12.9 Å². The zero-order valence-electron chi connectivity index (χ0n) is 11.5. The van der Waals surface area contributed by atoms with Gasteiger partial charge in [0.1, 0.15) is 5.75 Å². The molecule has 0 radical (unpaired) electrons. The number of aliphatic hydroxyl groups excluding tert-OH is 1. The molecule has 6 nitrogen and oxygen atoms in total. The number of methoxy groups -OCH3 is 1. The van der Waals surface area contributed by atoms with Crippen LogP contribution in [-0.2, 0) is 6.54 Å². The third-order valence-corrected chi connectivity index (χ3v) is 3.84. The first kappa shape index (κ1) is 14.8. The number of hydrogen-bond donors (Lipinski definition) is 2. The summed E-state index contributed by atoms with van der Waals surface area (Å²) in [4.78, 5) is 0. The normalized spacial score (nSPS) is 12.4. The van der Waals surface area contributed by atoms with Gasteiger partial charge in [-0.05, 0) is 31.2 Å². The molecule has 1 aromatic carbocycles. The first-order chi connectivity index (χ1) is 9.65. The zero-order valence-corrected chi connectivity index (χ0v) is 12.3. The second kappa shape index (κ2) is 6.74. The topological polar surface area (TPSA) is 86.2 Å². The van der Waals surface area contributed by atoms with Crippen molar-refractivity contribution < 1.29 is 9.84 Å². The Kier molecular flexibility index (Phi) is 4.99. The van der Waals surface area contributed by atoms with Gasteiger partial charge in [0.25, 0.3) is 0 Å². The van der Waals surface area contributed by atoms with E-state index in [1.54, 1.807) is 14.0 Å². The van der Waals surface area contributed by atoms with Crippen molar-refractivity contribution in [2.45, 2.75) is 24.7 Å². The number of nitrogens with zero attached hydrogens (tertiary/aromatic N) is 3. The van der Waals surface area contributed by atoms with Crippen molar-refractivity contribution in [3.63, 3.8) is 0 Å². The van der Waals surface area contributed by atoms with E-state index >= 15 is 0 Å². The molecule has 1 atom stereocenters. The Labute approximate surface area is 122 Å². The molecule has 7 heteroatoms. The maximum absolute atomic E-state index is 9.39. The molecule has 0 saturated carbocycles. The molecule has 0 unspecified atom stereocenters. The highest BCUT2D eigenvalue weighted by molar-refractivity contribution is 7.99. The minimum Gasteiger partial charge on any atom is -0.497 e. The summed E-state index contributed by atoms with van der Waals surface area (Å²) >= 11 is 1.45. The number of nitrogens with two attached hydrogens (primary N) is 1. The van der Waals surface area contributed by atoms with Gasteiger partial charge >= 0.3 is 0 Å². The lowest BCUT2D eigenvalue weighted by Gasteiger charge is -2.10. The molecule has 0 amide bonds. The molecule has 2 rings (SSSR count). The van der Waals surface area contributed by atoms with Gasteiger partial charge in [0.05, 0.1) is 19.8 Å². The van der Waals surface area contributed by atoms with E-state index in [2.05, 4.69) is 10.2 Å². The molecule has 0 aliphatic rings. The van der Waals surface area contributed by atoms with Crippen LogP contribution in [0.4, 0.5) is 0 Å². The fraction of sp³-hybridized carbons (Fsp3) is 0.385. The van der Waals surface area contributed by atoms with Gasteiger partial charge in [-0.2, -0.15) is 0 Å². The largest absolute Gasteiger partial charge is 0.497 e. The van der Waals surface area contributed by atoms with Crippen LogP contribution in [0.25, 0.3) is 5.69 Å². The maximum Gasteiger partial charge on any atom is 0.195 e. The molecule has 0 saturated heterocycles. The van der Waals surface area contributed by atoms with Crippen molar-refractivity contribution in [2.24, 2.45) is 5.73 Å². The SMILES string of the molecule is COc1ccc(-n2c(CN)nnc2SC[C@@H](C)O)cc1. The number of thioether (sulfide) groups is 1. The fourth-order valence-corrected chi connectivity index (χ4v) is 2.54. The van der Waals surface area contributed by atoms with E-state index in [0.29, 0.717) is 18.1 Å². The Balaban J connectivity index is 2.33. The second-order valence-corrected chi connectivity index (χ2v) is 5.28. The van der Waals surface area contributed by atoms with Crippen LogP contribution in [0, 0.1) is 0 Å². The Bertz CT molecular complexity index is 554. The summed E-state index contributed by atoms with van der Waals surface area (Å²) in [5.74, 6) is 2.02. The van der Waals surface area contributed by atoms with E-state index in [-0.39, 0.29) is 0 Å². The third-order valence-electron chi connectivity index (χ3n) is 2.67. The van der Waals surface area contributed by atoms with Crippen LogP contribution in [0.1, 0.15) is 12.7 Å². The highest BCUT2D eigenvalue weighted by Crippen LogP contribution is 2.24. The van der Waals surface area contributed by atoms with Crippen LogP contribution in [0.3, 0.4) is 0 Å². The third kappa shape index (κ3) is 3.30. The molecule has 0 fully saturated rings. The first-order valence-corrected chi connectivity index (χ1v) is 7.24. The summed E-state index contributed by atoms with van der Waals surface area (Å²) in [6, 6.07) is 7.60. The molecule has 1 aromatic heterocycles. The summed E-state index contributed by atoms with van der Waals surface area (Å²) < 4.78 is 7.04. The molecule has 2 aromatic rings. The van der Waals surface area contributed by atoms with E-state index in [9.17, 15) is 5.11 Å². The molecule has 0 spiro atoms. The number of aromatic nitrogens is 3. The second-order valence-electron chi connectivity index (χ2n) is 4.30. The quantitative estimate of drug-likeness (QED) is 0.779. The van der Waals surface area contributed by atoms with Gasteiger partial charge in [-0.15, -0.1) is 10.2 Å². The van der Waals surface area contributed by atoms with E-state index in [4.69, 9.17) is 10.5 Å². The number of benzene rings is 1. The highest BCUT2D eigenvalue weighted by Gasteiger charge is 2.14. The van der Waals surface area contributed by atoms with Gasteiger partial charge in [0, 0.05) is 11.4 Å². The minimum atomic E-state index is -0.401. The van der Waals surface area contributed by atoms with Crippen LogP contribution in [0.15, 0.2) is 29.4 Å². The van der Waals surface area contributed by atoms with Crippen LogP contribution >= 0.6 is 11.8 Å². The Morgan fingerprint density at radius 1 is 1.35 bits per heavy atom. The van der Waals surface area contributed by atoms with Crippen molar-refractivity contribution in [1.82, 2.24) is 14.8 Å². The molecule has 0 aliphatic carbocycles. The summed E-state index contributed by atoms with van der Waals surface area (Å²) in [7, 11) is 1.63. The maximum atomic E-state index is 9.39. The van der Waals surface area contributed by atoms with Gasteiger partial charge in [-0.3, -0.25) is 4.57 Å². The molecule has 20 heavy (non-hydrogen) atoms. The predicted octanol–water partition coefficient (Wildman–Crippen LogP) is 1.21. The lowest BCUT2D eigenvalue weighted by molar-refractivity contribution is 0.220. The van der Waals surface area contributed by atoms with E-state index in [0.717, 1.165) is 16.6 Å². The van der Waals surface area contributed by atoms with Crippen molar-refractivity contribution in [1.29, 1.82) is 0 Å². The lowest BCUT2D eigenvalue weighted by atomic mass is 10.3. The monoisotopic (exact) mass is 294 g/mol. The van der Waals surface area contributed by atoms with Gasteiger partial charge in [0.15, 0.2) is 11.0 Å². The standard InChI is InChI=1S/C13H18N4O2S/c1-9(18)8-20-13-16-15-12(7-14)17(13)10-3-5-11(19-2)6-4-10/h3-6,9,18H,7-8,14H2,1-2H3/t9-/m1/s1. The van der Waals surface area contributed by atoms with Gasteiger partial charge in [0.2, 0.25) is 0 Å². The smallest absolute Gasteiger partial charge is 0.195 e. The molecule has 108 valence electrons. The molecule has 0 bridgehead atoms. The van der Waals surface area contributed by atoms with Crippen LogP contribution in [-0.4, -0.2) is 38.8 Å². The number of aliphatic hydroxyl groups is 1. The molecular formula is C13H18N4O2S. The molecule has 1 heterocycles. The lowest BCUT2D eigenvalue weighted by Crippen LogP contribution is -2.09. The number of ether oxygens (including phenoxy) is 1. The minimum absolute atomic E-state index is 0.300. The molecular weight excluding hydrogens is 276 g/mol. The average Bonchev–Trinajstić information content (AvgIpc) is 2.88. The van der Waals surface area contributed by atoms with Gasteiger partial charge < -0.3 is 15.6 Å². The van der Waals surface area contributed by atoms with Crippen LogP contribution < -0.4 is 10.5 Å². The zero-order chi connectivity index (χ0) is 14.5. The first-order valence-electron chi connectivity index (χ1n) is 6.25. The Morgan fingerprint density at radius 2 is 2.05 bits per heavy atom. The average molecular weight is 294 g/mol. The predicted molar refractivity (Wildman–Crippen MR) is 78.2 cm³/mol. The summed E-state index contributed by atoms with van der Waals surface area (Å²) in [6.07, 6.45) is -0.401. The Hall–Kier alpha value is -1.57. The van der Waals surface area contributed by atoms with Crippen LogP contribution in [0.5, 0.6) is 5.75 Å². The molecule has 0 aliphatic heterocycles. The summed E-state index contributed by atoms with van der Waals surface area (Å²) in [6.45, 7) is 2.04. The summed E-state index contributed by atoms with van der Waals surface area (Å²) in [5, 5.41) is 18.3. The van der Waals surface area contributed by atoms with Gasteiger partial charge in [-0.1, -0.05) is 11.8 Å². The number of hydrogen-bond acceptors (Lipinski definition) is 6. The summed E-state index contributed by atoms with van der Waals surface area (Å²) in [5.41, 5.74) is 6.63. The van der Waals surface area contributed by atoms with E-state index in [1.165, 1.54) is 11.8 Å². The molecule has 3 N–H and O–H groups in total. The van der Waals surface area contributed by atoms with E-state index in [1.807, 2.05) is 28.8 Å². The Morgan fingerprint density at radius 3 is 2.60 bits per heavy atom. The number of rotatable bonds is 6. The van der Waals surface area contributed by atoms with Crippen molar-refractivity contribution in [3.05, 3.63) is 30.1 Å². The van der Waals surface area contributed by atoms with E-state index < -0.39 is 6.10 Å². The van der Waals surface area contributed by atoms with Crippen molar-refractivity contribution in [3.8, 4) is 11.4 Å². The highest BCUT2D eigenvalue weighted by atomic mass is 32.2. The fourth-order valence-electron chi connectivity index (χ4n) is 1.71. The van der Waals surface area contributed by atoms with Crippen LogP contribution in [0.2, 0.25) is 0 Å². The van der Waals surface area contributed by atoms with Gasteiger partial charge in [-0.25, -0.2) is 0 Å².